The molecule has 1 aliphatic heterocycles. The Morgan fingerprint density at radius 2 is 1.68 bits per heavy atom. The fourth-order valence-electron chi connectivity index (χ4n) is 3.70. The van der Waals surface area contributed by atoms with Crippen molar-refractivity contribution in [2.45, 2.75) is 32.4 Å². The van der Waals surface area contributed by atoms with Crippen molar-refractivity contribution < 1.29 is 9.59 Å². The van der Waals surface area contributed by atoms with Gasteiger partial charge >= 0.3 is 0 Å². The molecule has 1 aliphatic rings. The minimum absolute atomic E-state index is 0.0310. The highest BCUT2D eigenvalue weighted by Gasteiger charge is 2.24. The second kappa shape index (κ2) is 9.02. The largest absolute Gasteiger partial charge is 0.350 e. The maximum absolute atomic E-state index is 12.8. The zero-order valence-electron chi connectivity index (χ0n) is 16.9. The third-order valence-corrected chi connectivity index (χ3v) is 5.31. The lowest BCUT2D eigenvalue weighted by Gasteiger charge is -2.25. The fourth-order valence-corrected chi connectivity index (χ4v) is 3.70. The van der Waals surface area contributed by atoms with Gasteiger partial charge in [0.25, 0.3) is 5.91 Å². The summed E-state index contributed by atoms with van der Waals surface area (Å²) in [6.07, 6.45) is 2.17. The number of nitrogens with one attached hydrogen (secondary N) is 1. The Morgan fingerprint density at radius 3 is 2.29 bits per heavy atom. The number of benzene rings is 2. The minimum atomic E-state index is -0.336. The van der Waals surface area contributed by atoms with Gasteiger partial charge < -0.3 is 10.2 Å². The third kappa shape index (κ3) is 4.60. The van der Waals surface area contributed by atoms with Crippen LogP contribution in [0.25, 0.3) is 0 Å². The van der Waals surface area contributed by atoms with E-state index in [1.54, 1.807) is 0 Å². The van der Waals surface area contributed by atoms with Crippen LogP contribution in [0, 0.1) is 6.92 Å². The van der Waals surface area contributed by atoms with E-state index < -0.39 is 0 Å². The number of carbonyl (C=O) groups excluding carboxylic acids is 2. The average molecular weight is 380 g/mol. The molecule has 0 radical (unpaired) electrons. The Labute approximate surface area is 167 Å². The van der Waals surface area contributed by atoms with Crippen molar-refractivity contribution in [2.75, 3.05) is 27.2 Å². The van der Waals surface area contributed by atoms with Crippen molar-refractivity contribution in [2.24, 2.45) is 0 Å². The van der Waals surface area contributed by atoms with Gasteiger partial charge in [-0.2, -0.15) is 0 Å². The van der Waals surface area contributed by atoms with Crippen LogP contribution in [0.4, 0.5) is 0 Å². The molecule has 1 heterocycles. The molecule has 5 heteroatoms. The van der Waals surface area contributed by atoms with E-state index in [0.717, 1.165) is 42.6 Å². The molecule has 2 amide bonds. The summed E-state index contributed by atoms with van der Waals surface area (Å²) in [7, 11) is 3.82. The molecule has 0 aromatic heterocycles. The lowest BCUT2D eigenvalue weighted by molar-refractivity contribution is -0.126. The van der Waals surface area contributed by atoms with Gasteiger partial charge in [0.05, 0.1) is 0 Å². The van der Waals surface area contributed by atoms with E-state index in [0.29, 0.717) is 12.1 Å². The maximum Gasteiger partial charge on any atom is 0.253 e. The van der Waals surface area contributed by atoms with Gasteiger partial charge in [0.15, 0.2) is 0 Å². The number of rotatable bonds is 6. The molecule has 0 unspecified atom stereocenters. The second-order valence-corrected chi connectivity index (χ2v) is 7.64. The number of carbonyl (C=O) groups is 2. The van der Waals surface area contributed by atoms with Gasteiger partial charge in [-0.25, -0.2) is 0 Å². The van der Waals surface area contributed by atoms with Crippen LogP contribution in [0.15, 0.2) is 48.5 Å². The van der Waals surface area contributed by atoms with Gasteiger partial charge in [-0.15, -0.1) is 0 Å². The second-order valence-electron chi connectivity index (χ2n) is 7.64. The van der Waals surface area contributed by atoms with E-state index in [-0.39, 0.29) is 17.9 Å². The quantitative estimate of drug-likeness (QED) is 0.839. The van der Waals surface area contributed by atoms with Crippen LogP contribution in [0.3, 0.4) is 0 Å². The van der Waals surface area contributed by atoms with E-state index >= 15 is 0 Å². The minimum Gasteiger partial charge on any atom is -0.350 e. The predicted octanol–water partition coefficient (Wildman–Crippen LogP) is 3.15. The average Bonchev–Trinajstić information content (AvgIpc) is 3.22. The molecule has 5 nitrogen and oxygen atoms in total. The fraction of sp³-hybridized carbons (Fsp3) is 0.391. The Morgan fingerprint density at radius 1 is 1.04 bits per heavy atom. The first-order valence-electron chi connectivity index (χ1n) is 9.85. The first-order valence-corrected chi connectivity index (χ1v) is 9.85. The topological polar surface area (TPSA) is 52.7 Å². The number of amides is 2. The molecular formula is C23H29N3O2. The Balaban J connectivity index is 1.63. The molecule has 1 N–H and O–H groups in total. The zero-order valence-corrected chi connectivity index (χ0v) is 16.9. The molecule has 0 saturated carbocycles. The van der Waals surface area contributed by atoms with E-state index in [1.165, 1.54) is 0 Å². The zero-order chi connectivity index (χ0) is 20.1. The van der Waals surface area contributed by atoms with Gasteiger partial charge in [-0.3, -0.25) is 14.5 Å². The number of nitrogens with zero attached hydrogens (tertiary/aromatic N) is 2. The van der Waals surface area contributed by atoms with Crippen molar-refractivity contribution in [3.63, 3.8) is 0 Å². The summed E-state index contributed by atoms with van der Waals surface area (Å²) in [6.45, 7) is 4.16. The standard InChI is InChI=1S/C23H29N3O2/c1-17-8-4-5-9-20(17)21(25(2)3)22(27)24-16-18-10-12-19(13-11-18)23(28)26-14-6-7-15-26/h4-5,8-13,21H,6-7,14-16H2,1-3H3,(H,24,27)/t21-/m1/s1. The molecule has 0 spiro atoms. The van der Waals surface area contributed by atoms with Gasteiger partial charge in [0, 0.05) is 25.2 Å². The summed E-state index contributed by atoms with van der Waals surface area (Å²) >= 11 is 0. The van der Waals surface area contributed by atoms with Crippen LogP contribution in [0.5, 0.6) is 0 Å². The van der Waals surface area contributed by atoms with Crippen LogP contribution in [0.2, 0.25) is 0 Å². The highest BCUT2D eigenvalue weighted by atomic mass is 16.2. The van der Waals surface area contributed by atoms with Crippen LogP contribution in [0.1, 0.15) is 45.9 Å². The summed E-state index contributed by atoms with van der Waals surface area (Å²) < 4.78 is 0. The van der Waals surface area contributed by atoms with Crippen molar-refractivity contribution in [1.29, 1.82) is 0 Å². The van der Waals surface area contributed by atoms with E-state index in [1.807, 2.05) is 79.3 Å². The van der Waals surface area contributed by atoms with Gasteiger partial charge in [0.1, 0.15) is 6.04 Å². The number of hydrogen-bond acceptors (Lipinski definition) is 3. The van der Waals surface area contributed by atoms with E-state index in [4.69, 9.17) is 0 Å². The highest BCUT2D eigenvalue weighted by Crippen LogP contribution is 2.22. The van der Waals surface area contributed by atoms with Gasteiger partial charge in [0.2, 0.25) is 5.91 Å². The van der Waals surface area contributed by atoms with Crippen molar-refractivity contribution >= 4 is 11.8 Å². The van der Waals surface area contributed by atoms with E-state index in [2.05, 4.69) is 5.32 Å². The first-order chi connectivity index (χ1) is 13.5. The summed E-state index contributed by atoms with van der Waals surface area (Å²) in [5.74, 6) is 0.0665. The molecule has 2 aromatic rings. The molecule has 148 valence electrons. The lowest BCUT2D eigenvalue weighted by Crippen LogP contribution is -2.37. The monoisotopic (exact) mass is 379 g/mol. The lowest BCUT2D eigenvalue weighted by atomic mass is 9.99. The molecule has 2 aromatic carbocycles. The van der Waals surface area contributed by atoms with Crippen LogP contribution in [-0.4, -0.2) is 48.8 Å². The normalized spacial score (nSPS) is 14.9. The van der Waals surface area contributed by atoms with Gasteiger partial charge in [-0.05, 0) is 62.7 Å². The Hall–Kier alpha value is -2.66. The number of likely N-dealkylation sites (N-methyl/N-ethyl adjacent to an activating group) is 1. The van der Waals surface area contributed by atoms with Crippen LogP contribution >= 0.6 is 0 Å². The van der Waals surface area contributed by atoms with Gasteiger partial charge in [-0.1, -0.05) is 36.4 Å². The molecule has 0 aliphatic carbocycles. The van der Waals surface area contributed by atoms with E-state index in [9.17, 15) is 9.59 Å². The Bertz CT molecular complexity index is 824. The highest BCUT2D eigenvalue weighted by molar-refractivity contribution is 5.94. The number of aryl methyl sites for hydroxylation is 1. The Kier molecular flexibility index (Phi) is 6.47. The third-order valence-electron chi connectivity index (χ3n) is 5.31. The molecule has 3 rings (SSSR count). The summed E-state index contributed by atoms with van der Waals surface area (Å²) in [4.78, 5) is 29.1. The number of hydrogen-bond donors (Lipinski definition) is 1. The van der Waals surface area contributed by atoms with Crippen molar-refractivity contribution in [3.8, 4) is 0 Å². The number of likely N-dealkylation sites (tertiary alicyclic amines) is 1. The van der Waals surface area contributed by atoms with Crippen molar-refractivity contribution in [1.82, 2.24) is 15.1 Å². The summed E-state index contributed by atoms with van der Waals surface area (Å²) in [5, 5.41) is 3.03. The van der Waals surface area contributed by atoms with Crippen LogP contribution < -0.4 is 5.32 Å². The SMILES string of the molecule is Cc1ccccc1[C@H](C(=O)NCc1ccc(C(=O)N2CCCC2)cc1)N(C)C. The molecule has 1 saturated heterocycles. The molecule has 1 fully saturated rings. The van der Waals surface area contributed by atoms with Crippen LogP contribution in [-0.2, 0) is 11.3 Å². The molecule has 0 bridgehead atoms. The summed E-state index contributed by atoms with van der Waals surface area (Å²) in [6, 6.07) is 15.2. The molecule has 28 heavy (non-hydrogen) atoms. The molecule has 1 atom stereocenters. The summed E-state index contributed by atoms with van der Waals surface area (Å²) in [5.41, 5.74) is 3.80. The van der Waals surface area contributed by atoms with Crippen molar-refractivity contribution in [3.05, 3.63) is 70.8 Å². The predicted molar refractivity (Wildman–Crippen MR) is 111 cm³/mol. The maximum atomic E-state index is 12.8. The molecular weight excluding hydrogens is 350 g/mol. The smallest absolute Gasteiger partial charge is 0.253 e. The first kappa shape index (κ1) is 20.1.